The first-order valence-corrected chi connectivity index (χ1v) is 5.80. The van der Waals surface area contributed by atoms with Crippen molar-refractivity contribution in [3.05, 3.63) is 39.0 Å². The predicted molar refractivity (Wildman–Crippen MR) is 64.2 cm³/mol. The van der Waals surface area contributed by atoms with Crippen LogP contribution in [-0.4, -0.2) is 4.98 Å². The van der Waals surface area contributed by atoms with Crippen LogP contribution in [-0.2, 0) is 6.18 Å². The number of aryl methyl sites for hydroxylation is 1. The van der Waals surface area contributed by atoms with Crippen LogP contribution in [0.3, 0.4) is 0 Å². The summed E-state index contributed by atoms with van der Waals surface area (Å²) >= 11 is 9.13. The zero-order valence-electron chi connectivity index (χ0n) is 8.57. The molecule has 6 heteroatoms. The Bertz CT molecular complexity index is 595. The highest BCUT2D eigenvalue weighted by Gasteiger charge is 2.30. The SMILES string of the molecule is Cc1nc2ccc(C(F)(F)F)cc2c(Br)c1Cl. The fraction of sp³-hybridized carbons (Fsp3) is 0.182. The number of pyridine rings is 1. The lowest BCUT2D eigenvalue weighted by molar-refractivity contribution is -0.137. The highest BCUT2D eigenvalue weighted by molar-refractivity contribution is 9.10. The Hall–Kier alpha value is -0.810. The summed E-state index contributed by atoms with van der Waals surface area (Å²) < 4.78 is 38.1. The van der Waals surface area contributed by atoms with Gasteiger partial charge in [0, 0.05) is 9.86 Å². The molecule has 0 aliphatic carbocycles. The molecule has 0 N–H and O–H groups in total. The third-order valence-corrected chi connectivity index (χ3v) is 3.87. The maximum Gasteiger partial charge on any atom is 0.416 e. The maximum absolute atomic E-state index is 12.6. The van der Waals surface area contributed by atoms with Crippen LogP contribution < -0.4 is 0 Å². The first-order valence-electron chi connectivity index (χ1n) is 4.63. The number of nitrogens with zero attached hydrogens (tertiary/aromatic N) is 1. The van der Waals surface area contributed by atoms with Gasteiger partial charge in [0.05, 0.1) is 21.8 Å². The first-order chi connectivity index (χ1) is 7.80. The Labute approximate surface area is 109 Å². The molecule has 0 atom stereocenters. The van der Waals surface area contributed by atoms with Crippen molar-refractivity contribution in [3.8, 4) is 0 Å². The quantitative estimate of drug-likeness (QED) is 0.666. The summed E-state index contributed by atoms with van der Waals surface area (Å²) in [5.74, 6) is 0. The Balaban J connectivity index is 2.78. The molecule has 0 spiro atoms. The van der Waals surface area contributed by atoms with Gasteiger partial charge in [0.2, 0.25) is 0 Å². The molecule has 0 aliphatic heterocycles. The summed E-state index contributed by atoms with van der Waals surface area (Å²) in [5.41, 5.74) is 0.338. The molecular formula is C11H6BrClF3N. The van der Waals surface area contributed by atoms with Crippen LogP contribution in [0.25, 0.3) is 10.9 Å². The van der Waals surface area contributed by atoms with Crippen molar-refractivity contribution < 1.29 is 13.2 Å². The molecule has 0 radical (unpaired) electrons. The minimum atomic E-state index is -4.37. The van der Waals surface area contributed by atoms with Gasteiger partial charge in [-0.3, -0.25) is 4.98 Å². The standard InChI is InChI=1S/C11H6BrClF3N/c1-5-10(13)9(12)7-4-6(11(14,15)16)2-3-8(7)17-5/h2-4H,1H3. The summed E-state index contributed by atoms with van der Waals surface area (Å²) in [7, 11) is 0. The van der Waals surface area contributed by atoms with E-state index in [4.69, 9.17) is 11.6 Å². The van der Waals surface area contributed by atoms with Crippen molar-refractivity contribution in [2.75, 3.05) is 0 Å². The molecule has 1 aromatic carbocycles. The molecule has 0 saturated carbocycles. The second kappa shape index (κ2) is 4.14. The van der Waals surface area contributed by atoms with Crippen LogP contribution >= 0.6 is 27.5 Å². The Morgan fingerprint density at radius 3 is 2.53 bits per heavy atom. The molecule has 1 nitrogen and oxygen atoms in total. The monoisotopic (exact) mass is 323 g/mol. The van der Waals surface area contributed by atoms with Gasteiger partial charge < -0.3 is 0 Å². The Morgan fingerprint density at radius 2 is 1.94 bits per heavy atom. The number of aromatic nitrogens is 1. The first kappa shape index (κ1) is 12.6. The Kier molecular flexibility index (Phi) is 3.08. The molecular weight excluding hydrogens is 318 g/mol. The van der Waals surface area contributed by atoms with E-state index in [1.54, 1.807) is 6.92 Å². The molecule has 0 aliphatic rings. The van der Waals surface area contributed by atoms with Crippen LogP contribution in [0.2, 0.25) is 5.02 Å². The van der Waals surface area contributed by atoms with E-state index in [0.717, 1.165) is 12.1 Å². The fourth-order valence-corrected chi connectivity index (χ4v) is 2.24. The fourth-order valence-electron chi connectivity index (χ4n) is 1.49. The lowest BCUT2D eigenvalue weighted by Crippen LogP contribution is -2.04. The zero-order chi connectivity index (χ0) is 12.8. The molecule has 90 valence electrons. The summed E-state index contributed by atoms with van der Waals surface area (Å²) in [6.45, 7) is 1.70. The molecule has 1 aromatic heterocycles. The number of benzene rings is 1. The maximum atomic E-state index is 12.6. The van der Waals surface area contributed by atoms with Crippen molar-refractivity contribution in [1.29, 1.82) is 0 Å². The highest BCUT2D eigenvalue weighted by atomic mass is 79.9. The molecule has 0 amide bonds. The summed E-state index contributed by atoms with van der Waals surface area (Å²) in [4.78, 5) is 4.13. The van der Waals surface area contributed by atoms with E-state index < -0.39 is 11.7 Å². The third-order valence-electron chi connectivity index (χ3n) is 2.36. The second-order valence-corrected chi connectivity index (χ2v) is 4.73. The van der Waals surface area contributed by atoms with Crippen LogP contribution in [0.4, 0.5) is 13.2 Å². The second-order valence-electron chi connectivity index (χ2n) is 3.55. The average molecular weight is 325 g/mol. The lowest BCUT2D eigenvalue weighted by Gasteiger charge is -2.10. The smallest absolute Gasteiger partial charge is 0.251 e. The zero-order valence-corrected chi connectivity index (χ0v) is 10.9. The van der Waals surface area contributed by atoms with E-state index in [1.165, 1.54) is 6.07 Å². The number of alkyl halides is 3. The minimum Gasteiger partial charge on any atom is -0.251 e. The van der Waals surface area contributed by atoms with Crippen LogP contribution in [0.5, 0.6) is 0 Å². The van der Waals surface area contributed by atoms with Crippen molar-refractivity contribution in [1.82, 2.24) is 4.98 Å². The van der Waals surface area contributed by atoms with Gasteiger partial charge in [0.15, 0.2) is 0 Å². The highest BCUT2D eigenvalue weighted by Crippen LogP contribution is 2.36. The molecule has 17 heavy (non-hydrogen) atoms. The van der Waals surface area contributed by atoms with Crippen molar-refractivity contribution >= 4 is 38.4 Å². The molecule has 0 bridgehead atoms. The van der Waals surface area contributed by atoms with Crippen LogP contribution in [0.15, 0.2) is 22.7 Å². The van der Waals surface area contributed by atoms with Crippen LogP contribution in [0.1, 0.15) is 11.3 Å². The summed E-state index contributed by atoms with van der Waals surface area (Å²) in [6.07, 6.45) is -4.37. The van der Waals surface area contributed by atoms with E-state index >= 15 is 0 Å². The van der Waals surface area contributed by atoms with Gasteiger partial charge >= 0.3 is 6.18 Å². The molecule has 0 unspecified atom stereocenters. The lowest BCUT2D eigenvalue weighted by atomic mass is 10.1. The van der Waals surface area contributed by atoms with Gasteiger partial charge in [-0.1, -0.05) is 11.6 Å². The van der Waals surface area contributed by atoms with E-state index in [9.17, 15) is 13.2 Å². The van der Waals surface area contributed by atoms with E-state index in [1.807, 2.05) is 0 Å². The minimum absolute atomic E-state index is 0.330. The molecule has 0 saturated heterocycles. The number of fused-ring (bicyclic) bond motifs is 1. The van der Waals surface area contributed by atoms with Gasteiger partial charge in [-0.05, 0) is 41.1 Å². The number of hydrogen-bond donors (Lipinski definition) is 0. The Morgan fingerprint density at radius 1 is 1.29 bits per heavy atom. The van der Waals surface area contributed by atoms with Gasteiger partial charge in [0.1, 0.15) is 0 Å². The molecule has 2 rings (SSSR count). The summed E-state index contributed by atoms with van der Waals surface area (Å²) in [6, 6.07) is 3.39. The number of halogens is 5. The largest absolute Gasteiger partial charge is 0.416 e. The van der Waals surface area contributed by atoms with E-state index in [-0.39, 0.29) is 0 Å². The van der Waals surface area contributed by atoms with Gasteiger partial charge in [-0.2, -0.15) is 13.2 Å². The average Bonchev–Trinajstić information content (AvgIpc) is 2.24. The van der Waals surface area contributed by atoms with E-state index in [2.05, 4.69) is 20.9 Å². The number of rotatable bonds is 0. The van der Waals surface area contributed by atoms with Crippen molar-refractivity contribution in [2.24, 2.45) is 0 Å². The predicted octanol–water partition coefficient (Wildman–Crippen LogP) is 4.98. The van der Waals surface area contributed by atoms with E-state index in [0.29, 0.717) is 26.1 Å². The van der Waals surface area contributed by atoms with Gasteiger partial charge in [-0.25, -0.2) is 0 Å². The van der Waals surface area contributed by atoms with Crippen molar-refractivity contribution in [2.45, 2.75) is 13.1 Å². The van der Waals surface area contributed by atoms with Gasteiger partial charge in [-0.15, -0.1) is 0 Å². The summed E-state index contributed by atoms with van der Waals surface area (Å²) in [5, 5.41) is 0.687. The normalized spacial score (nSPS) is 12.1. The molecule has 2 aromatic rings. The third kappa shape index (κ3) is 2.26. The van der Waals surface area contributed by atoms with Gasteiger partial charge in [0.25, 0.3) is 0 Å². The van der Waals surface area contributed by atoms with Crippen LogP contribution in [0, 0.1) is 6.92 Å². The number of hydrogen-bond acceptors (Lipinski definition) is 1. The topological polar surface area (TPSA) is 12.9 Å². The van der Waals surface area contributed by atoms with Crippen molar-refractivity contribution in [3.63, 3.8) is 0 Å². The molecule has 1 heterocycles. The molecule has 0 fully saturated rings.